The van der Waals surface area contributed by atoms with Crippen LogP contribution in [0.5, 0.6) is 0 Å². The molecule has 6 nitrogen and oxygen atoms in total. The van der Waals surface area contributed by atoms with Crippen molar-refractivity contribution in [2.75, 3.05) is 10.6 Å². The maximum Gasteiger partial charge on any atom is 0.412 e. The van der Waals surface area contributed by atoms with Crippen LogP contribution in [0.2, 0.25) is 19.6 Å². The first kappa shape index (κ1) is 28.6. The molecule has 0 bridgehead atoms. The Hall–Kier alpha value is -3.68. The summed E-state index contributed by atoms with van der Waals surface area (Å²) in [6.07, 6.45) is -1.11. The van der Waals surface area contributed by atoms with Crippen LogP contribution < -0.4 is 10.6 Å². The number of carbonyl (C=O) groups excluding carboxylic acids is 2. The van der Waals surface area contributed by atoms with Gasteiger partial charge in [0.05, 0.1) is 11.4 Å². The zero-order chi connectivity index (χ0) is 27.1. The molecule has 0 saturated heterocycles. The van der Waals surface area contributed by atoms with Crippen LogP contribution in [0.3, 0.4) is 0 Å². The molecule has 2 N–H and O–H groups in total. The van der Waals surface area contributed by atoms with Gasteiger partial charge in [0.1, 0.15) is 19.3 Å². The van der Waals surface area contributed by atoms with E-state index >= 15 is 0 Å². The van der Waals surface area contributed by atoms with Gasteiger partial charge in [0, 0.05) is 16.7 Å². The quantitative estimate of drug-likeness (QED) is 0.341. The molecule has 0 heterocycles. The number of para-hydroxylation sites is 1. The Kier molecular flexibility index (Phi) is 9.02. The van der Waals surface area contributed by atoms with Gasteiger partial charge in [0.2, 0.25) is 0 Å². The third-order valence-electron chi connectivity index (χ3n) is 4.13. The van der Waals surface area contributed by atoms with E-state index in [0.29, 0.717) is 28.1 Å². The summed E-state index contributed by atoms with van der Waals surface area (Å²) in [7, 11) is -1.63. The van der Waals surface area contributed by atoms with Crippen LogP contribution in [0.25, 0.3) is 0 Å². The zero-order valence-corrected chi connectivity index (χ0v) is 23.7. The lowest BCUT2D eigenvalue weighted by Gasteiger charge is -2.20. The summed E-state index contributed by atoms with van der Waals surface area (Å²) >= 11 is 0. The van der Waals surface area contributed by atoms with Gasteiger partial charge in [-0.2, -0.15) is 0 Å². The van der Waals surface area contributed by atoms with E-state index in [1.807, 2.05) is 51.1 Å². The molecule has 36 heavy (non-hydrogen) atoms. The molecule has 0 aliphatic heterocycles. The lowest BCUT2D eigenvalue weighted by Crippen LogP contribution is -2.27. The number of nitrogens with one attached hydrogen (secondary N) is 2. The largest absolute Gasteiger partial charge is 0.444 e. The summed E-state index contributed by atoms with van der Waals surface area (Å²) < 4.78 is 10.8. The summed E-state index contributed by atoms with van der Waals surface area (Å²) in [4.78, 5) is 24.7. The lowest BCUT2D eigenvalue weighted by atomic mass is 10.1. The molecule has 0 aliphatic carbocycles. The molecule has 2 amide bonds. The Labute approximate surface area is 216 Å². The van der Waals surface area contributed by atoms with E-state index in [-0.39, 0.29) is 0 Å². The fourth-order valence-electron chi connectivity index (χ4n) is 2.76. The van der Waals surface area contributed by atoms with E-state index in [0.717, 1.165) is 0 Å². The number of amides is 2. The van der Waals surface area contributed by atoms with Crippen LogP contribution in [0, 0.1) is 23.3 Å². The van der Waals surface area contributed by atoms with Crippen molar-refractivity contribution in [3.8, 4) is 23.3 Å². The predicted octanol–water partition coefficient (Wildman–Crippen LogP) is 7.01. The number of anilines is 2. The molecule has 0 spiro atoms. The first-order valence-electron chi connectivity index (χ1n) is 11.8. The predicted molar refractivity (Wildman–Crippen MR) is 149 cm³/mol. The van der Waals surface area contributed by atoms with Crippen molar-refractivity contribution in [1.82, 2.24) is 0 Å². The molecule has 2 aromatic rings. The molecular formula is C29H36N2O4Si. The fraction of sp³-hybridized carbons (Fsp3) is 0.379. The SMILES string of the molecule is CC(C)(C)OC(=O)Nc1ccccc1C#Cc1ccc(C#C[Si](C)(C)C)c(NC(=O)OC(C)(C)C)c1. The van der Waals surface area contributed by atoms with E-state index in [4.69, 9.17) is 9.47 Å². The van der Waals surface area contributed by atoms with Crippen molar-refractivity contribution in [2.24, 2.45) is 0 Å². The molecule has 0 aromatic heterocycles. The van der Waals surface area contributed by atoms with Gasteiger partial charge in [0.15, 0.2) is 0 Å². The first-order valence-corrected chi connectivity index (χ1v) is 15.3. The standard InChI is InChI=1S/C29H36N2O4Si/c1-28(2,3)34-26(32)30-24-13-11-10-12-22(24)16-14-21-15-17-23(18-19-36(7,8)9)25(20-21)31-27(33)35-29(4,5)6/h10-13,15,17,20H,1-9H3,(H,30,32)(H,31,33). The second-order valence-electron chi connectivity index (χ2n) is 11.3. The van der Waals surface area contributed by atoms with Crippen molar-refractivity contribution in [1.29, 1.82) is 0 Å². The Morgan fingerprint density at radius 1 is 0.722 bits per heavy atom. The molecular weight excluding hydrogens is 468 g/mol. The molecule has 7 heteroatoms. The minimum absolute atomic E-state index is 0.530. The molecule has 2 rings (SSSR count). The average Bonchev–Trinajstić information content (AvgIpc) is 2.69. The lowest BCUT2D eigenvalue weighted by molar-refractivity contribution is 0.0624. The van der Waals surface area contributed by atoms with Crippen molar-refractivity contribution in [3.63, 3.8) is 0 Å². The number of hydrogen-bond donors (Lipinski definition) is 2. The number of benzene rings is 2. The second-order valence-corrected chi connectivity index (χ2v) is 16.1. The van der Waals surface area contributed by atoms with Gasteiger partial charge in [0.25, 0.3) is 0 Å². The van der Waals surface area contributed by atoms with E-state index in [9.17, 15) is 9.59 Å². The maximum absolute atomic E-state index is 12.5. The van der Waals surface area contributed by atoms with Crippen LogP contribution in [0.15, 0.2) is 42.5 Å². The highest BCUT2D eigenvalue weighted by Crippen LogP contribution is 2.20. The van der Waals surface area contributed by atoms with Crippen molar-refractivity contribution in [3.05, 3.63) is 59.2 Å². The zero-order valence-electron chi connectivity index (χ0n) is 22.7. The van der Waals surface area contributed by atoms with Gasteiger partial charge in [-0.05, 0) is 71.9 Å². The normalized spacial score (nSPS) is 11.2. The molecule has 0 atom stereocenters. The van der Waals surface area contributed by atoms with Gasteiger partial charge in [-0.15, -0.1) is 5.54 Å². The average molecular weight is 505 g/mol. The summed E-state index contributed by atoms with van der Waals surface area (Å²) in [6, 6.07) is 12.7. The van der Waals surface area contributed by atoms with E-state index in [1.165, 1.54) is 0 Å². The molecule has 0 unspecified atom stereocenters. The van der Waals surface area contributed by atoms with Crippen molar-refractivity contribution in [2.45, 2.75) is 72.4 Å². The molecule has 0 aliphatic rings. The number of hydrogen-bond acceptors (Lipinski definition) is 4. The molecule has 2 aromatic carbocycles. The number of ether oxygens (including phenoxy) is 2. The number of rotatable bonds is 2. The van der Waals surface area contributed by atoms with Gasteiger partial charge in [-0.1, -0.05) is 49.5 Å². The summed E-state index contributed by atoms with van der Waals surface area (Å²) in [5.41, 5.74) is 5.17. The van der Waals surface area contributed by atoms with Crippen molar-refractivity contribution < 1.29 is 19.1 Å². The molecule has 0 fully saturated rings. The Morgan fingerprint density at radius 2 is 1.25 bits per heavy atom. The monoisotopic (exact) mass is 504 g/mol. The van der Waals surface area contributed by atoms with E-state index in [2.05, 4.69) is 53.6 Å². The van der Waals surface area contributed by atoms with Gasteiger partial charge >= 0.3 is 12.2 Å². The Balaban J connectivity index is 2.39. The van der Waals surface area contributed by atoms with Gasteiger partial charge in [-0.25, -0.2) is 9.59 Å². The highest BCUT2D eigenvalue weighted by atomic mass is 28.3. The smallest absolute Gasteiger partial charge is 0.412 e. The highest BCUT2D eigenvalue weighted by molar-refractivity contribution is 6.83. The van der Waals surface area contributed by atoms with Crippen LogP contribution in [0.1, 0.15) is 58.2 Å². The minimum Gasteiger partial charge on any atom is -0.444 e. The van der Waals surface area contributed by atoms with Crippen molar-refractivity contribution >= 4 is 31.6 Å². The maximum atomic E-state index is 12.5. The third-order valence-corrected chi connectivity index (χ3v) is 5.01. The Morgan fingerprint density at radius 3 is 1.81 bits per heavy atom. The number of carbonyl (C=O) groups is 2. The fourth-order valence-corrected chi connectivity index (χ4v) is 3.27. The minimum atomic E-state index is -1.63. The van der Waals surface area contributed by atoms with Crippen LogP contribution in [0.4, 0.5) is 21.0 Å². The second kappa shape index (κ2) is 11.4. The first-order chi connectivity index (χ1) is 16.5. The van der Waals surface area contributed by atoms with Crippen LogP contribution >= 0.6 is 0 Å². The summed E-state index contributed by atoms with van der Waals surface area (Å²) in [5, 5.41) is 5.56. The summed E-state index contributed by atoms with van der Waals surface area (Å²) in [6.45, 7) is 17.3. The van der Waals surface area contributed by atoms with Gasteiger partial charge < -0.3 is 9.47 Å². The Bertz CT molecular complexity index is 1240. The molecule has 0 radical (unpaired) electrons. The van der Waals surface area contributed by atoms with Gasteiger partial charge in [-0.3, -0.25) is 10.6 Å². The molecule has 190 valence electrons. The van der Waals surface area contributed by atoms with E-state index in [1.54, 1.807) is 32.9 Å². The van der Waals surface area contributed by atoms with E-state index < -0.39 is 31.5 Å². The molecule has 0 saturated carbocycles. The summed E-state index contributed by atoms with van der Waals surface area (Å²) in [5.74, 6) is 9.41. The highest BCUT2D eigenvalue weighted by Gasteiger charge is 2.18. The van der Waals surface area contributed by atoms with Crippen LogP contribution in [-0.2, 0) is 9.47 Å². The third kappa shape index (κ3) is 10.7. The topological polar surface area (TPSA) is 76.7 Å². The van der Waals surface area contributed by atoms with Crippen LogP contribution in [-0.4, -0.2) is 31.5 Å².